The van der Waals surface area contributed by atoms with Crippen LogP contribution < -0.4 is 15.6 Å². The predicted octanol–water partition coefficient (Wildman–Crippen LogP) is 2.15. The lowest BCUT2D eigenvalue weighted by molar-refractivity contribution is 0.710. The Balaban J connectivity index is 2.39. The second-order valence-electron chi connectivity index (χ2n) is 3.87. The van der Waals surface area contributed by atoms with E-state index in [9.17, 15) is 0 Å². The number of hydrogen-bond donors (Lipinski definition) is 1. The van der Waals surface area contributed by atoms with Gasteiger partial charge in [0.1, 0.15) is 0 Å². The Morgan fingerprint density at radius 2 is 1.73 bits per heavy atom. The van der Waals surface area contributed by atoms with E-state index < -0.39 is 0 Å². The van der Waals surface area contributed by atoms with E-state index in [2.05, 4.69) is 46.9 Å². The maximum Gasteiger partial charge on any atom is 0.0860 e. The average Bonchev–Trinajstić information content (AvgIpc) is 2.55. The molecule has 76 valence electrons. The fourth-order valence-electron chi connectivity index (χ4n) is 2.20. The molecule has 2 aromatic rings. The highest BCUT2D eigenvalue weighted by atomic mass is 15.8. The van der Waals surface area contributed by atoms with Crippen LogP contribution in [0.3, 0.4) is 0 Å². The van der Waals surface area contributed by atoms with E-state index in [1.165, 1.54) is 22.1 Å². The Morgan fingerprint density at radius 1 is 0.933 bits per heavy atom. The minimum absolute atomic E-state index is 1.22. The first-order chi connectivity index (χ1) is 7.27. The van der Waals surface area contributed by atoms with Crippen molar-refractivity contribution in [2.75, 3.05) is 24.1 Å². The minimum atomic E-state index is 1.22. The molecule has 0 bridgehead atoms. The van der Waals surface area contributed by atoms with Gasteiger partial charge in [0.05, 0.1) is 11.4 Å². The van der Waals surface area contributed by atoms with Crippen LogP contribution in [0.5, 0.6) is 0 Å². The van der Waals surface area contributed by atoms with Crippen LogP contribution in [0.1, 0.15) is 0 Å². The minimum Gasteiger partial charge on any atom is -0.292 e. The molecule has 3 heteroatoms. The molecule has 0 saturated carbocycles. The van der Waals surface area contributed by atoms with Crippen LogP contribution in [-0.2, 0) is 0 Å². The Hall–Kier alpha value is -1.74. The number of hydrazine groups is 2. The summed E-state index contributed by atoms with van der Waals surface area (Å²) in [7, 11) is 4.06. The summed E-state index contributed by atoms with van der Waals surface area (Å²) in [5.74, 6) is 0. The molecule has 0 saturated heterocycles. The topological polar surface area (TPSA) is 18.5 Å². The summed E-state index contributed by atoms with van der Waals surface area (Å²) in [4.78, 5) is 0. The summed E-state index contributed by atoms with van der Waals surface area (Å²) in [6, 6.07) is 12.8. The van der Waals surface area contributed by atoms with Crippen LogP contribution in [0.4, 0.5) is 11.4 Å². The third-order valence-electron chi connectivity index (χ3n) is 2.88. The number of nitrogens with one attached hydrogen (secondary N) is 1. The van der Waals surface area contributed by atoms with Gasteiger partial charge in [-0.1, -0.05) is 30.3 Å². The molecule has 0 radical (unpaired) electrons. The Morgan fingerprint density at radius 3 is 2.60 bits per heavy atom. The molecule has 1 heterocycles. The molecule has 0 atom stereocenters. The quantitative estimate of drug-likeness (QED) is 0.701. The molecule has 0 unspecified atom stereocenters. The van der Waals surface area contributed by atoms with Crippen molar-refractivity contribution in [2.45, 2.75) is 0 Å². The molecule has 1 aliphatic heterocycles. The van der Waals surface area contributed by atoms with Crippen molar-refractivity contribution in [2.24, 2.45) is 0 Å². The van der Waals surface area contributed by atoms with Gasteiger partial charge in [0, 0.05) is 19.5 Å². The summed E-state index contributed by atoms with van der Waals surface area (Å²) in [6.45, 7) is 0. The van der Waals surface area contributed by atoms with E-state index >= 15 is 0 Å². The van der Waals surface area contributed by atoms with E-state index in [1.807, 2.05) is 19.1 Å². The van der Waals surface area contributed by atoms with Gasteiger partial charge in [-0.25, -0.2) is 0 Å². The molecule has 3 nitrogen and oxygen atoms in total. The second kappa shape index (κ2) is 2.87. The number of fused-ring (bicyclic) bond motifs is 3. The number of hydrogen-bond acceptors (Lipinski definition) is 3. The van der Waals surface area contributed by atoms with Crippen LogP contribution in [0.25, 0.3) is 10.8 Å². The average molecular weight is 199 g/mol. The van der Waals surface area contributed by atoms with E-state index in [1.54, 1.807) is 0 Å². The summed E-state index contributed by atoms with van der Waals surface area (Å²) >= 11 is 0. The van der Waals surface area contributed by atoms with Gasteiger partial charge in [-0.3, -0.25) is 10.0 Å². The van der Waals surface area contributed by atoms with E-state index in [4.69, 9.17) is 0 Å². The Kier molecular flexibility index (Phi) is 1.64. The van der Waals surface area contributed by atoms with Gasteiger partial charge in [0.2, 0.25) is 0 Å². The molecular weight excluding hydrogens is 186 g/mol. The van der Waals surface area contributed by atoms with Crippen LogP contribution in [-0.4, -0.2) is 14.1 Å². The van der Waals surface area contributed by atoms with Gasteiger partial charge in [-0.15, -0.1) is 5.53 Å². The van der Waals surface area contributed by atoms with Gasteiger partial charge >= 0.3 is 0 Å². The second-order valence-corrected chi connectivity index (χ2v) is 3.87. The fourth-order valence-corrected chi connectivity index (χ4v) is 2.20. The SMILES string of the molecule is CN1NN(C)c2c1ccc1ccccc21. The summed E-state index contributed by atoms with van der Waals surface area (Å²) in [6.07, 6.45) is 0. The van der Waals surface area contributed by atoms with Crippen molar-refractivity contribution < 1.29 is 0 Å². The van der Waals surface area contributed by atoms with Crippen LogP contribution in [0.2, 0.25) is 0 Å². The van der Waals surface area contributed by atoms with Crippen molar-refractivity contribution in [3.8, 4) is 0 Å². The van der Waals surface area contributed by atoms with Crippen LogP contribution >= 0.6 is 0 Å². The highest BCUT2D eigenvalue weighted by Gasteiger charge is 2.21. The normalized spacial score (nSPS) is 14.8. The lowest BCUT2D eigenvalue weighted by Crippen LogP contribution is -2.39. The van der Waals surface area contributed by atoms with Crippen molar-refractivity contribution in [3.05, 3.63) is 36.4 Å². The largest absolute Gasteiger partial charge is 0.292 e. The molecule has 1 aliphatic rings. The first-order valence-corrected chi connectivity index (χ1v) is 5.03. The van der Waals surface area contributed by atoms with Crippen LogP contribution in [0, 0.1) is 0 Å². The maximum absolute atomic E-state index is 3.24. The highest BCUT2D eigenvalue weighted by molar-refractivity contribution is 6.01. The zero-order valence-electron chi connectivity index (χ0n) is 8.86. The number of benzene rings is 2. The molecule has 3 rings (SSSR count). The van der Waals surface area contributed by atoms with Crippen molar-refractivity contribution in [1.82, 2.24) is 5.53 Å². The first-order valence-electron chi connectivity index (χ1n) is 5.03. The molecule has 0 aromatic heterocycles. The number of anilines is 2. The molecule has 2 aromatic carbocycles. The lowest BCUT2D eigenvalue weighted by atomic mass is 10.1. The molecule has 1 N–H and O–H groups in total. The third kappa shape index (κ3) is 1.10. The fraction of sp³-hybridized carbons (Fsp3) is 0.167. The van der Waals surface area contributed by atoms with Crippen molar-refractivity contribution in [3.63, 3.8) is 0 Å². The molecule has 15 heavy (non-hydrogen) atoms. The van der Waals surface area contributed by atoms with Crippen molar-refractivity contribution >= 4 is 22.1 Å². The molecular formula is C12H13N3. The summed E-state index contributed by atoms with van der Waals surface area (Å²) in [5, 5.41) is 6.65. The first kappa shape index (κ1) is 8.56. The predicted molar refractivity (Wildman–Crippen MR) is 63.9 cm³/mol. The Labute approximate surface area is 88.8 Å². The van der Waals surface area contributed by atoms with E-state index in [-0.39, 0.29) is 0 Å². The van der Waals surface area contributed by atoms with Gasteiger partial charge in [0.15, 0.2) is 0 Å². The zero-order valence-corrected chi connectivity index (χ0v) is 8.86. The molecule has 0 spiro atoms. The number of rotatable bonds is 0. The van der Waals surface area contributed by atoms with Gasteiger partial charge in [-0.05, 0) is 11.5 Å². The monoisotopic (exact) mass is 199 g/mol. The smallest absolute Gasteiger partial charge is 0.0860 e. The zero-order chi connectivity index (χ0) is 10.4. The third-order valence-corrected chi connectivity index (χ3v) is 2.88. The van der Waals surface area contributed by atoms with E-state index in [0.29, 0.717) is 0 Å². The number of nitrogens with zero attached hydrogens (tertiary/aromatic N) is 2. The molecule has 0 amide bonds. The maximum atomic E-state index is 3.24. The van der Waals surface area contributed by atoms with Gasteiger partial charge in [-0.2, -0.15) is 0 Å². The Bertz CT molecular complexity index is 521. The molecule has 0 aliphatic carbocycles. The van der Waals surface area contributed by atoms with Gasteiger partial charge < -0.3 is 0 Å². The molecule has 0 fully saturated rings. The van der Waals surface area contributed by atoms with E-state index in [0.717, 1.165) is 0 Å². The highest BCUT2D eigenvalue weighted by Crippen LogP contribution is 2.37. The van der Waals surface area contributed by atoms with Crippen molar-refractivity contribution in [1.29, 1.82) is 0 Å². The standard InChI is InChI=1S/C12H13N3/c1-14-11-8-7-9-5-3-4-6-10(9)12(11)15(2)13-14/h3-8,13H,1-2H3. The van der Waals surface area contributed by atoms with Crippen LogP contribution in [0.15, 0.2) is 36.4 Å². The lowest BCUT2D eigenvalue weighted by Gasteiger charge is -2.14. The summed E-state index contributed by atoms with van der Waals surface area (Å²) < 4.78 is 0. The summed E-state index contributed by atoms with van der Waals surface area (Å²) in [5.41, 5.74) is 5.71. The van der Waals surface area contributed by atoms with Gasteiger partial charge in [0.25, 0.3) is 0 Å².